The zero-order chi connectivity index (χ0) is 16.9. The number of hydrogen-bond donors (Lipinski definition) is 1. The van der Waals surface area contributed by atoms with Crippen LogP contribution in [0.15, 0.2) is 24.3 Å². The second-order valence-corrected chi connectivity index (χ2v) is 6.23. The van der Waals surface area contributed by atoms with E-state index >= 15 is 0 Å². The van der Waals surface area contributed by atoms with Gasteiger partial charge >= 0.3 is 5.97 Å². The number of nitrogens with one attached hydrogen (secondary N) is 1. The Hall–Kier alpha value is -1.88. The van der Waals surface area contributed by atoms with Crippen LogP contribution in [0, 0.1) is 5.82 Å². The van der Waals surface area contributed by atoms with Crippen molar-refractivity contribution in [3.8, 4) is 0 Å². The maximum absolute atomic E-state index is 13.0. The van der Waals surface area contributed by atoms with Gasteiger partial charge < -0.3 is 10.1 Å². The molecule has 0 saturated heterocycles. The van der Waals surface area contributed by atoms with Crippen LogP contribution < -0.4 is 5.32 Å². The van der Waals surface area contributed by atoms with E-state index in [0.717, 1.165) is 6.08 Å². The first-order chi connectivity index (χ1) is 10.1. The van der Waals surface area contributed by atoms with Crippen molar-refractivity contribution in [3.05, 3.63) is 40.7 Å². The van der Waals surface area contributed by atoms with E-state index in [1.807, 2.05) is 20.8 Å². The van der Waals surface area contributed by atoms with Gasteiger partial charge in [0.05, 0.1) is 5.02 Å². The Morgan fingerprint density at radius 2 is 2.00 bits per heavy atom. The highest BCUT2D eigenvalue weighted by atomic mass is 35.5. The van der Waals surface area contributed by atoms with E-state index in [-0.39, 0.29) is 10.9 Å². The number of carbonyl (C=O) groups excluding carboxylic acids is 2. The highest BCUT2D eigenvalue weighted by Gasteiger charge is 2.21. The van der Waals surface area contributed by atoms with Gasteiger partial charge in [-0.3, -0.25) is 4.79 Å². The predicted octanol–water partition coefficient (Wildman–Crippen LogP) is 3.34. The molecule has 1 N–H and O–H groups in total. The van der Waals surface area contributed by atoms with Crippen LogP contribution in [0.4, 0.5) is 4.39 Å². The maximum atomic E-state index is 13.0. The number of halogens is 2. The van der Waals surface area contributed by atoms with Crippen LogP contribution in [0.2, 0.25) is 5.02 Å². The molecule has 1 aromatic rings. The molecule has 1 aromatic carbocycles. The summed E-state index contributed by atoms with van der Waals surface area (Å²) in [6.07, 6.45) is 1.68. The Kier molecular flexibility index (Phi) is 6.11. The minimum atomic E-state index is -0.909. The average Bonchev–Trinajstić information content (AvgIpc) is 2.38. The predicted molar refractivity (Wildman–Crippen MR) is 83.9 cm³/mol. The number of amides is 1. The Labute approximate surface area is 134 Å². The highest BCUT2D eigenvalue weighted by Crippen LogP contribution is 2.16. The van der Waals surface area contributed by atoms with Gasteiger partial charge in [0.25, 0.3) is 5.91 Å². The van der Waals surface area contributed by atoms with Crippen molar-refractivity contribution in [2.45, 2.75) is 39.3 Å². The average molecular weight is 328 g/mol. The normalized spacial score (nSPS) is 13.0. The highest BCUT2D eigenvalue weighted by molar-refractivity contribution is 6.30. The second kappa shape index (κ2) is 7.40. The van der Waals surface area contributed by atoms with E-state index in [1.54, 1.807) is 0 Å². The zero-order valence-electron chi connectivity index (χ0n) is 12.9. The van der Waals surface area contributed by atoms with Crippen molar-refractivity contribution in [2.24, 2.45) is 0 Å². The summed E-state index contributed by atoms with van der Waals surface area (Å²) in [6, 6.07) is 4.06. The van der Waals surface area contributed by atoms with Crippen molar-refractivity contribution in [2.75, 3.05) is 0 Å². The molecule has 0 bridgehead atoms. The SMILES string of the molecule is C[C@H](OC(=O)/C=C/c1ccc(F)c(Cl)c1)C(=O)NC(C)(C)C. The van der Waals surface area contributed by atoms with Crippen LogP contribution in [0.1, 0.15) is 33.3 Å². The third-order valence-corrected chi connectivity index (χ3v) is 2.81. The van der Waals surface area contributed by atoms with Gasteiger partial charge in [0, 0.05) is 11.6 Å². The molecule has 0 saturated carbocycles. The molecule has 22 heavy (non-hydrogen) atoms. The molecule has 120 valence electrons. The fourth-order valence-electron chi connectivity index (χ4n) is 1.52. The molecule has 6 heteroatoms. The fraction of sp³-hybridized carbons (Fsp3) is 0.375. The van der Waals surface area contributed by atoms with E-state index in [1.165, 1.54) is 31.2 Å². The lowest BCUT2D eigenvalue weighted by molar-refractivity contribution is -0.150. The number of rotatable bonds is 4. The minimum Gasteiger partial charge on any atom is -0.449 e. The number of benzene rings is 1. The maximum Gasteiger partial charge on any atom is 0.331 e. The lowest BCUT2D eigenvalue weighted by Crippen LogP contribution is -2.46. The third kappa shape index (κ3) is 6.26. The first-order valence-corrected chi connectivity index (χ1v) is 7.12. The summed E-state index contributed by atoms with van der Waals surface area (Å²) in [5.41, 5.74) is 0.147. The van der Waals surface area contributed by atoms with Crippen LogP contribution in [-0.4, -0.2) is 23.5 Å². The van der Waals surface area contributed by atoms with E-state index in [0.29, 0.717) is 5.56 Å². The molecule has 0 aliphatic rings. The van der Waals surface area contributed by atoms with Gasteiger partial charge in [-0.25, -0.2) is 9.18 Å². The molecule has 1 amide bonds. The van der Waals surface area contributed by atoms with Gasteiger partial charge in [0.1, 0.15) is 5.82 Å². The van der Waals surface area contributed by atoms with Crippen molar-refractivity contribution in [3.63, 3.8) is 0 Å². The van der Waals surface area contributed by atoms with Gasteiger partial charge in [-0.1, -0.05) is 17.7 Å². The quantitative estimate of drug-likeness (QED) is 0.681. The van der Waals surface area contributed by atoms with Crippen LogP contribution in [0.25, 0.3) is 6.08 Å². The Balaban J connectivity index is 2.60. The largest absolute Gasteiger partial charge is 0.449 e. The van der Waals surface area contributed by atoms with E-state index in [2.05, 4.69) is 5.32 Å². The number of hydrogen-bond acceptors (Lipinski definition) is 3. The van der Waals surface area contributed by atoms with E-state index in [4.69, 9.17) is 16.3 Å². The first-order valence-electron chi connectivity index (χ1n) is 6.74. The summed E-state index contributed by atoms with van der Waals surface area (Å²) >= 11 is 5.64. The second-order valence-electron chi connectivity index (χ2n) is 5.83. The van der Waals surface area contributed by atoms with Crippen LogP contribution in [-0.2, 0) is 14.3 Å². The van der Waals surface area contributed by atoms with Gasteiger partial charge in [0.15, 0.2) is 6.10 Å². The van der Waals surface area contributed by atoms with Crippen molar-refractivity contribution in [1.29, 1.82) is 0 Å². The summed E-state index contributed by atoms with van der Waals surface area (Å²) in [5.74, 6) is -1.58. The molecule has 0 unspecified atom stereocenters. The van der Waals surface area contributed by atoms with Gasteiger partial charge in [-0.15, -0.1) is 0 Å². The van der Waals surface area contributed by atoms with Gasteiger partial charge in [-0.05, 0) is 51.5 Å². The lowest BCUT2D eigenvalue weighted by atomic mass is 10.1. The summed E-state index contributed by atoms with van der Waals surface area (Å²) in [6.45, 7) is 6.98. The van der Waals surface area contributed by atoms with E-state index < -0.39 is 23.4 Å². The van der Waals surface area contributed by atoms with Crippen LogP contribution >= 0.6 is 11.6 Å². The molecular weight excluding hydrogens is 309 g/mol. The Morgan fingerprint density at radius 3 is 2.55 bits per heavy atom. The molecule has 0 aliphatic carbocycles. The van der Waals surface area contributed by atoms with Gasteiger partial charge in [0.2, 0.25) is 0 Å². The third-order valence-electron chi connectivity index (χ3n) is 2.52. The van der Waals surface area contributed by atoms with Crippen molar-refractivity contribution >= 4 is 29.6 Å². The number of ether oxygens (including phenoxy) is 1. The van der Waals surface area contributed by atoms with Crippen molar-refractivity contribution < 1.29 is 18.7 Å². The van der Waals surface area contributed by atoms with Crippen LogP contribution in [0.5, 0.6) is 0 Å². The Morgan fingerprint density at radius 1 is 1.36 bits per heavy atom. The summed E-state index contributed by atoms with van der Waals surface area (Å²) in [7, 11) is 0. The number of esters is 1. The topological polar surface area (TPSA) is 55.4 Å². The molecule has 4 nitrogen and oxygen atoms in total. The summed E-state index contributed by atoms with van der Waals surface area (Å²) in [5, 5.41) is 2.68. The number of carbonyl (C=O) groups is 2. The molecule has 0 spiro atoms. The molecule has 0 fully saturated rings. The van der Waals surface area contributed by atoms with E-state index in [9.17, 15) is 14.0 Å². The van der Waals surface area contributed by atoms with Gasteiger partial charge in [-0.2, -0.15) is 0 Å². The minimum absolute atomic E-state index is 0.0339. The monoisotopic (exact) mass is 327 g/mol. The van der Waals surface area contributed by atoms with Crippen LogP contribution in [0.3, 0.4) is 0 Å². The summed E-state index contributed by atoms with van der Waals surface area (Å²) < 4.78 is 18.0. The standard InChI is InChI=1S/C16H19ClFNO3/c1-10(15(21)19-16(2,3)4)22-14(20)8-6-11-5-7-13(18)12(17)9-11/h5-10H,1-4H3,(H,19,21)/b8-6+/t10-/m0/s1. The lowest BCUT2D eigenvalue weighted by Gasteiger charge is -2.22. The Bertz CT molecular complexity index is 594. The fourth-order valence-corrected chi connectivity index (χ4v) is 1.71. The first kappa shape index (κ1) is 18.2. The molecular formula is C16H19ClFNO3. The molecule has 0 aromatic heterocycles. The van der Waals surface area contributed by atoms with Crippen molar-refractivity contribution in [1.82, 2.24) is 5.32 Å². The zero-order valence-corrected chi connectivity index (χ0v) is 13.7. The molecule has 0 aliphatic heterocycles. The smallest absolute Gasteiger partial charge is 0.331 e. The molecule has 1 atom stereocenters. The molecule has 0 radical (unpaired) electrons. The molecule has 0 heterocycles. The molecule has 1 rings (SSSR count). The summed E-state index contributed by atoms with van der Waals surface area (Å²) in [4.78, 5) is 23.4.